The predicted molar refractivity (Wildman–Crippen MR) is 70.5 cm³/mol. The molecule has 3 amide bonds. The Morgan fingerprint density at radius 3 is 2.33 bits per heavy atom. The minimum absolute atomic E-state index is 0.125. The Bertz CT molecular complexity index is 503. The standard InChI is InChI=1S/C14H18N2O2/c1-10-6-5-7-11(8-10)15-9-12(17)16(13(15)18)14(2,3)4/h5-8H,9H2,1-4H3. The van der Waals surface area contributed by atoms with Gasteiger partial charge in [0.25, 0.3) is 5.91 Å². The molecule has 1 fully saturated rings. The van der Waals surface area contributed by atoms with Gasteiger partial charge in [0.1, 0.15) is 6.54 Å². The molecule has 1 saturated heterocycles. The lowest BCUT2D eigenvalue weighted by atomic mass is 10.1. The maximum atomic E-state index is 12.3. The zero-order valence-electron chi connectivity index (χ0n) is 11.2. The van der Waals surface area contributed by atoms with Gasteiger partial charge in [0.15, 0.2) is 0 Å². The summed E-state index contributed by atoms with van der Waals surface area (Å²) in [5, 5.41) is 0. The van der Waals surface area contributed by atoms with Crippen LogP contribution in [-0.2, 0) is 4.79 Å². The Kier molecular flexibility index (Phi) is 2.89. The molecule has 0 aliphatic carbocycles. The van der Waals surface area contributed by atoms with E-state index in [4.69, 9.17) is 0 Å². The summed E-state index contributed by atoms with van der Waals surface area (Å²) in [6.45, 7) is 7.68. The van der Waals surface area contributed by atoms with Crippen molar-refractivity contribution in [3.63, 3.8) is 0 Å². The van der Waals surface area contributed by atoms with Gasteiger partial charge >= 0.3 is 6.03 Å². The lowest BCUT2D eigenvalue weighted by Gasteiger charge is -2.29. The fourth-order valence-corrected chi connectivity index (χ4v) is 2.16. The Morgan fingerprint density at radius 1 is 1.17 bits per heavy atom. The second-order valence-electron chi connectivity index (χ2n) is 5.61. The average molecular weight is 246 g/mol. The number of rotatable bonds is 1. The number of amides is 3. The quantitative estimate of drug-likeness (QED) is 0.714. The van der Waals surface area contributed by atoms with E-state index in [0.29, 0.717) is 0 Å². The SMILES string of the molecule is Cc1cccc(N2CC(=O)N(C(C)(C)C)C2=O)c1. The van der Waals surface area contributed by atoms with Gasteiger partial charge in [-0.15, -0.1) is 0 Å². The third-order valence-electron chi connectivity index (χ3n) is 2.95. The highest BCUT2D eigenvalue weighted by Gasteiger charge is 2.42. The van der Waals surface area contributed by atoms with Crippen LogP contribution in [0, 0.1) is 6.92 Å². The normalized spacial score (nSPS) is 16.7. The van der Waals surface area contributed by atoms with Crippen molar-refractivity contribution in [2.75, 3.05) is 11.4 Å². The number of imide groups is 1. The summed E-state index contributed by atoms with van der Waals surface area (Å²) < 4.78 is 0. The van der Waals surface area contributed by atoms with Crippen LogP contribution in [0.5, 0.6) is 0 Å². The lowest BCUT2D eigenvalue weighted by Crippen LogP contribution is -2.46. The molecule has 0 radical (unpaired) electrons. The van der Waals surface area contributed by atoms with Gasteiger partial charge in [0.2, 0.25) is 0 Å². The monoisotopic (exact) mass is 246 g/mol. The summed E-state index contributed by atoms with van der Waals surface area (Å²) in [5.74, 6) is -0.144. The molecule has 4 nitrogen and oxygen atoms in total. The molecule has 0 bridgehead atoms. The van der Waals surface area contributed by atoms with Crippen molar-refractivity contribution < 1.29 is 9.59 Å². The molecule has 0 atom stereocenters. The largest absolute Gasteiger partial charge is 0.332 e. The van der Waals surface area contributed by atoms with Crippen LogP contribution in [0.25, 0.3) is 0 Å². The molecule has 96 valence electrons. The fraction of sp³-hybridized carbons (Fsp3) is 0.429. The fourth-order valence-electron chi connectivity index (χ4n) is 2.16. The number of carbonyl (C=O) groups is 2. The summed E-state index contributed by atoms with van der Waals surface area (Å²) in [6, 6.07) is 7.38. The zero-order chi connectivity index (χ0) is 13.5. The van der Waals surface area contributed by atoms with Gasteiger partial charge in [-0.3, -0.25) is 14.6 Å². The van der Waals surface area contributed by atoms with E-state index in [1.165, 1.54) is 9.80 Å². The van der Waals surface area contributed by atoms with Crippen molar-refractivity contribution in [2.45, 2.75) is 33.2 Å². The van der Waals surface area contributed by atoms with Crippen molar-refractivity contribution in [1.29, 1.82) is 0 Å². The van der Waals surface area contributed by atoms with E-state index >= 15 is 0 Å². The number of benzene rings is 1. The van der Waals surface area contributed by atoms with Crippen LogP contribution >= 0.6 is 0 Å². The molecule has 0 unspecified atom stereocenters. The Balaban J connectivity index is 2.34. The molecule has 4 heteroatoms. The molecule has 1 aromatic carbocycles. The third-order valence-corrected chi connectivity index (χ3v) is 2.95. The van der Waals surface area contributed by atoms with Crippen molar-refractivity contribution >= 4 is 17.6 Å². The van der Waals surface area contributed by atoms with E-state index in [1.807, 2.05) is 52.0 Å². The molecule has 0 aromatic heterocycles. The molecule has 1 aliphatic heterocycles. The Labute approximate surface area is 107 Å². The van der Waals surface area contributed by atoms with Crippen molar-refractivity contribution in [3.05, 3.63) is 29.8 Å². The van der Waals surface area contributed by atoms with Crippen molar-refractivity contribution in [2.24, 2.45) is 0 Å². The molecule has 2 rings (SSSR count). The van der Waals surface area contributed by atoms with Crippen LogP contribution in [0.2, 0.25) is 0 Å². The second kappa shape index (κ2) is 4.12. The number of urea groups is 1. The number of aryl methyl sites for hydroxylation is 1. The highest BCUT2D eigenvalue weighted by atomic mass is 16.2. The maximum Gasteiger partial charge on any atom is 0.332 e. The molecule has 0 spiro atoms. The maximum absolute atomic E-state index is 12.3. The van der Waals surface area contributed by atoms with Crippen molar-refractivity contribution in [1.82, 2.24) is 4.90 Å². The van der Waals surface area contributed by atoms with Crippen LogP contribution in [-0.4, -0.2) is 28.9 Å². The highest BCUT2D eigenvalue weighted by molar-refractivity contribution is 6.12. The van der Waals surface area contributed by atoms with Crippen LogP contribution in [0.4, 0.5) is 10.5 Å². The highest BCUT2D eigenvalue weighted by Crippen LogP contribution is 2.26. The molecule has 0 saturated carbocycles. The smallest absolute Gasteiger partial charge is 0.285 e. The summed E-state index contributed by atoms with van der Waals surface area (Å²) in [7, 11) is 0. The molecular weight excluding hydrogens is 228 g/mol. The van der Waals surface area contributed by atoms with Gasteiger partial charge in [0.05, 0.1) is 0 Å². The van der Waals surface area contributed by atoms with Crippen LogP contribution in [0.3, 0.4) is 0 Å². The van der Waals surface area contributed by atoms with E-state index in [1.54, 1.807) is 0 Å². The predicted octanol–water partition coefficient (Wildman–Crippen LogP) is 2.56. The molecule has 1 aromatic rings. The third kappa shape index (κ3) is 2.10. The van der Waals surface area contributed by atoms with E-state index < -0.39 is 5.54 Å². The molecule has 0 N–H and O–H groups in total. The number of carbonyl (C=O) groups excluding carboxylic acids is 2. The van der Waals surface area contributed by atoms with Crippen LogP contribution in [0.1, 0.15) is 26.3 Å². The van der Waals surface area contributed by atoms with Gasteiger partial charge in [-0.25, -0.2) is 4.79 Å². The summed E-state index contributed by atoms with van der Waals surface area (Å²) in [5.41, 5.74) is 1.37. The minimum Gasteiger partial charge on any atom is -0.285 e. The topological polar surface area (TPSA) is 40.6 Å². The first-order chi connectivity index (χ1) is 8.30. The minimum atomic E-state index is -0.479. The summed E-state index contributed by atoms with van der Waals surface area (Å²) in [4.78, 5) is 27.1. The number of nitrogens with zero attached hydrogens (tertiary/aromatic N) is 2. The average Bonchev–Trinajstić information content (AvgIpc) is 2.53. The second-order valence-corrected chi connectivity index (χ2v) is 5.61. The van der Waals surface area contributed by atoms with Gasteiger partial charge in [-0.1, -0.05) is 12.1 Å². The first kappa shape index (κ1) is 12.6. The van der Waals surface area contributed by atoms with Gasteiger partial charge in [-0.2, -0.15) is 0 Å². The molecule has 18 heavy (non-hydrogen) atoms. The van der Waals surface area contributed by atoms with E-state index in [2.05, 4.69) is 0 Å². The Morgan fingerprint density at radius 2 is 1.83 bits per heavy atom. The molecular formula is C14H18N2O2. The van der Waals surface area contributed by atoms with Crippen LogP contribution < -0.4 is 4.90 Å². The van der Waals surface area contributed by atoms with Crippen molar-refractivity contribution in [3.8, 4) is 0 Å². The van der Waals surface area contributed by atoms with Gasteiger partial charge in [-0.05, 0) is 45.4 Å². The number of hydrogen-bond donors (Lipinski definition) is 0. The van der Waals surface area contributed by atoms with Gasteiger partial charge < -0.3 is 0 Å². The molecule has 1 heterocycles. The number of anilines is 1. The Hall–Kier alpha value is -1.84. The van der Waals surface area contributed by atoms with Crippen LogP contribution in [0.15, 0.2) is 24.3 Å². The lowest BCUT2D eigenvalue weighted by molar-refractivity contribution is -0.128. The first-order valence-corrected chi connectivity index (χ1v) is 6.02. The van der Waals surface area contributed by atoms with E-state index in [0.717, 1.165) is 11.3 Å². The summed E-state index contributed by atoms with van der Waals surface area (Å²) in [6.07, 6.45) is 0. The van der Waals surface area contributed by atoms with E-state index in [-0.39, 0.29) is 18.5 Å². The van der Waals surface area contributed by atoms with Gasteiger partial charge in [0, 0.05) is 11.2 Å². The molecule has 1 aliphatic rings. The van der Waals surface area contributed by atoms with E-state index in [9.17, 15) is 9.59 Å². The zero-order valence-corrected chi connectivity index (χ0v) is 11.2. The first-order valence-electron chi connectivity index (χ1n) is 6.02. The number of hydrogen-bond acceptors (Lipinski definition) is 2. The summed E-state index contributed by atoms with van der Waals surface area (Å²) >= 11 is 0.